The zero-order valence-electron chi connectivity index (χ0n) is 13.5. The molecule has 2 aromatic rings. The minimum atomic E-state index is -0.213. The molecule has 126 valence electrons. The minimum absolute atomic E-state index is 0.213. The average Bonchev–Trinajstić information content (AvgIpc) is 3.14. The highest BCUT2D eigenvalue weighted by molar-refractivity contribution is 6.31. The normalized spacial score (nSPS) is 13.8. The van der Waals surface area contributed by atoms with Crippen LogP contribution < -0.4 is 15.5 Å². The Morgan fingerprint density at radius 1 is 1.12 bits per heavy atom. The van der Waals surface area contributed by atoms with E-state index in [0.717, 1.165) is 30.0 Å². The Bertz CT molecular complexity index is 701. The Morgan fingerprint density at radius 3 is 2.67 bits per heavy atom. The number of anilines is 1. The van der Waals surface area contributed by atoms with E-state index < -0.39 is 0 Å². The first-order chi connectivity index (χ1) is 11.7. The van der Waals surface area contributed by atoms with Crippen LogP contribution >= 0.6 is 11.6 Å². The SMILES string of the molecule is O=C(NCc1ccnc(N2CCCC2)c1)NCc1ccccc1Cl. The van der Waals surface area contributed by atoms with Crippen LogP contribution in [0.25, 0.3) is 0 Å². The number of hydrogen-bond donors (Lipinski definition) is 2. The number of halogens is 1. The van der Waals surface area contributed by atoms with Crippen molar-refractivity contribution in [1.29, 1.82) is 0 Å². The van der Waals surface area contributed by atoms with Crippen LogP contribution in [0.1, 0.15) is 24.0 Å². The second-order valence-electron chi connectivity index (χ2n) is 5.84. The third-order valence-corrected chi connectivity index (χ3v) is 4.46. The molecule has 3 rings (SSSR count). The van der Waals surface area contributed by atoms with E-state index in [2.05, 4.69) is 20.5 Å². The first-order valence-electron chi connectivity index (χ1n) is 8.17. The van der Waals surface area contributed by atoms with Crippen molar-refractivity contribution in [3.05, 3.63) is 58.7 Å². The molecule has 24 heavy (non-hydrogen) atoms. The molecule has 1 aliphatic heterocycles. The fourth-order valence-corrected chi connectivity index (χ4v) is 2.95. The number of carbonyl (C=O) groups excluding carboxylic acids is 1. The minimum Gasteiger partial charge on any atom is -0.357 e. The maximum atomic E-state index is 12.0. The predicted molar refractivity (Wildman–Crippen MR) is 96.2 cm³/mol. The molecule has 0 spiro atoms. The van der Waals surface area contributed by atoms with Gasteiger partial charge in [-0.15, -0.1) is 0 Å². The number of hydrogen-bond acceptors (Lipinski definition) is 3. The van der Waals surface area contributed by atoms with Gasteiger partial charge < -0.3 is 15.5 Å². The molecule has 2 N–H and O–H groups in total. The molecule has 0 atom stereocenters. The summed E-state index contributed by atoms with van der Waals surface area (Å²) >= 11 is 6.08. The van der Waals surface area contributed by atoms with Crippen LogP contribution in [0.5, 0.6) is 0 Å². The van der Waals surface area contributed by atoms with E-state index in [1.165, 1.54) is 12.8 Å². The van der Waals surface area contributed by atoms with Gasteiger partial charge in [0.2, 0.25) is 0 Å². The highest BCUT2D eigenvalue weighted by Crippen LogP contribution is 2.18. The standard InChI is InChI=1S/C18H21ClN4O/c19-16-6-2-1-5-15(16)13-22-18(24)21-12-14-7-8-20-17(11-14)23-9-3-4-10-23/h1-2,5-8,11H,3-4,9-10,12-13H2,(H2,21,22,24). The smallest absolute Gasteiger partial charge is 0.315 e. The molecular formula is C18H21ClN4O. The molecule has 5 nitrogen and oxygen atoms in total. The first-order valence-corrected chi connectivity index (χ1v) is 8.55. The molecule has 1 aromatic carbocycles. The molecule has 1 aliphatic rings. The van der Waals surface area contributed by atoms with Crippen LogP contribution in [0.2, 0.25) is 5.02 Å². The fourth-order valence-electron chi connectivity index (χ4n) is 2.75. The molecule has 2 heterocycles. The van der Waals surface area contributed by atoms with Gasteiger partial charge in [-0.05, 0) is 42.2 Å². The van der Waals surface area contributed by atoms with Crippen LogP contribution in [0.4, 0.5) is 10.6 Å². The number of benzene rings is 1. The first kappa shape index (κ1) is 16.6. The van der Waals surface area contributed by atoms with Gasteiger partial charge in [-0.25, -0.2) is 9.78 Å². The monoisotopic (exact) mass is 344 g/mol. The number of nitrogens with one attached hydrogen (secondary N) is 2. The summed E-state index contributed by atoms with van der Waals surface area (Å²) in [7, 11) is 0. The van der Waals surface area contributed by atoms with Crippen molar-refractivity contribution >= 4 is 23.4 Å². The number of pyridine rings is 1. The number of rotatable bonds is 5. The molecule has 1 saturated heterocycles. The summed E-state index contributed by atoms with van der Waals surface area (Å²) in [5.74, 6) is 0.989. The Kier molecular flexibility index (Phi) is 5.54. The maximum absolute atomic E-state index is 12.0. The topological polar surface area (TPSA) is 57.3 Å². The lowest BCUT2D eigenvalue weighted by atomic mass is 10.2. The number of nitrogens with zero attached hydrogens (tertiary/aromatic N) is 2. The third-order valence-electron chi connectivity index (χ3n) is 4.09. The second-order valence-corrected chi connectivity index (χ2v) is 6.25. The molecule has 0 saturated carbocycles. The van der Waals surface area contributed by atoms with Crippen molar-refractivity contribution in [2.24, 2.45) is 0 Å². The number of amides is 2. The number of carbonyl (C=O) groups is 1. The van der Waals surface area contributed by atoms with Crippen LogP contribution in [0.3, 0.4) is 0 Å². The van der Waals surface area contributed by atoms with Gasteiger partial charge in [-0.2, -0.15) is 0 Å². The van der Waals surface area contributed by atoms with Gasteiger partial charge in [-0.3, -0.25) is 0 Å². The van der Waals surface area contributed by atoms with Crippen molar-refractivity contribution < 1.29 is 4.79 Å². The van der Waals surface area contributed by atoms with Gasteiger partial charge in [0.25, 0.3) is 0 Å². The lowest BCUT2D eigenvalue weighted by Gasteiger charge is -2.17. The summed E-state index contributed by atoms with van der Waals surface area (Å²) in [5.41, 5.74) is 1.94. The van der Waals surface area contributed by atoms with Crippen LogP contribution in [-0.4, -0.2) is 24.1 Å². The quantitative estimate of drug-likeness (QED) is 0.874. The van der Waals surface area contributed by atoms with E-state index in [4.69, 9.17) is 11.6 Å². The van der Waals surface area contributed by atoms with E-state index in [1.807, 2.05) is 36.4 Å². The Hall–Kier alpha value is -2.27. The van der Waals surface area contributed by atoms with Crippen LogP contribution in [-0.2, 0) is 13.1 Å². The Morgan fingerprint density at radius 2 is 1.88 bits per heavy atom. The molecule has 1 fully saturated rings. The molecule has 0 bridgehead atoms. The van der Waals surface area contributed by atoms with Crippen LogP contribution in [0.15, 0.2) is 42.6 Å². The second kappa shape index (κ2) is 8.02. The summed E-state index contributed by atoms with van der Waals surface area (Å²) in [6, 6.07) is 11.2. The van der Waals surface area contributed by atoms with E-state index in [1.54, 1.807) is 6.20 Å². The zero-order valence-corrected chi connectivity index (χ0v) is 14.2. The van der Waals surface area contributed by atoms with E-state index in [-0.39, 0.29) is 6.03 Å². The summed E-state index contributed by atoms with van der Waals surface area (Å²) in [4.78, 5) is 18.6. The van der Waals surface area contributed by atoms with Gasteiger partial charge in [0, 0.05) is 37.4 Å². The van der Waals surface area contributed by atoms with Gasteiger partial charge in [0.15, 0.2) is 0 Å². The summed E-state index contributed by atoms with van der Waals surface area (Å²) in [5, 5.41) is 6.34. The molecule has 0 radical (unpaired) electrons. The number of aromatic nitrogens is 1. The van der Waals surface area contributed by atoms with Crippen molar-refractivity contribution in [3.8, 4) is 0 Å². The molecule has 1 aromatic heterocycles. The lowest BCUT2D eigenvalue weighted by molar-refractivity contribution is 0.240. The summed E-state index contributed by atoms with van der Waals surface area (Å²) in [6.45, 7) is 2.99. The molecule has 2 amide bonds. The van der Waals surface area contributed by atoms with Crippen LogP contribution in [0, 0.1) is 0 Å². The molecule has 0 aliphatic carbocycles. The fraction of sp³-hybridized carbons (Fsp3) is 0.333. The van der Waals surface area contributed by atoms with Crippen molar-refractivity contribution in [2.75, 3.05) is 18.0 Å². The molecule has 0 unspecified atom stereocenters. The van der Waals surface area contributed by atoms with Gasteiger partial charge in [0.05, 0.1) is 0 Å². The molecule has 6 heteroatoms. The average molecular weight is 345 g/mol. The maximum Gasteiger partial charge on any atom is 0.315 e. The largest absolute Gasteiger partial charge is 0.357 e. The highest BCUT2D eigenvalue weighted by atomic mass is 35.5. The molecular weight excluding hydrogens is 324 g/mol. The van der Waals surface area contributed by atoms with Crippen molar-refractivity contribution in [3.63, 3.8) is 0 Å². The zero-order chi connectivity index (χ0) is 16.8. The van der Waals surface area contributed by atoms with Crippen molar-refractivity contribution in [1.82, 2.24) is 15.6 Å². The Labute approximate surface area is 147 Å². The van der Waals surface area contributed by atoms with Gasteiger partial charge in [-0.1, -0.05) is 29.8 Å². The lowest BCUT2D eigenvalue weighted by Crippen LogP contribution is -2.34. The predicted octanol–water partition coefficient (Wildman–Crippen LogP) is 3.33. The van der Waals surface area contributed by atoms with Gasteiger partial charge >= 0.3 is 6.03 Å². The third kappa shape index (κ3) is 4.38. The van der Waals surface area contributed by atoms with Crippen molar-refractivity contribution in [2.45, 2.75) is 25.9 Å². The number of urea groups is 1. The van der Waals surface area contributed by atoms with E-state index in [9.17, 15) is 4.79 Å². The van der Waals surface area contributed by atoms with Gasteiger partial charge in [0.1, 0.15) is 5.82 Å². The Balaban J connectivity index is 1.49. The summed E-state index contributed by atoms with van der Waals surface area (Å²) < 4.78 is 0. The van der Waals surface area contributed by atoms with E-state index >= 15 is 0 Å². The highest BCUT2D eigenvalue weighted by Gasteiger charge is 2.13. The van der Waals surface area contributed by atoms with E-state index in [0.29, 0.717) is 18.1 Å². The summed E-state index contributed by atoms with van der Waals surface area (Å²) in [6.07, 6.45) is 4.23.